The van der Waals surface area contributed by atoms with Gasteiger partial charge in [-0.2, -0.15) is 0 Å². The van der Waals surface area contributed by atoms with Crippen molar-refractivity contribution in [2.75, 3.05) is 30.7 Å². The normalized spacial score (nSPS) is 14.5. The summed E-state index contributed by atoms with van der Waals surface area (Å²) in [5.41, 5.74) is 7.91. The molecule has 18 heavy (non-hydrogen) atoms. The van der Waals surface area contributed by atoms with Crippen molar-refractivity contribution in [3.8, 4) is 0 Å². The predicted octanol–water partition coefficient (Wildman–Crippen LogP) is 0.541. The zero-order valence-electron chi connectivity index (χ0n) is 10.2. The molecule has 0 atom stereocenters. The Hall–Kier alpha value is -2.24. The first-order valence-corrected chi connectivity index (χ1v) is 5.75. The average molecular weight is 248 g/mol. The predicted molar refractivity (Wildman–Crippen MR) is 69.2 cm³/mol. The molecule has 96 valence electrons. The van der Waals surface area contributed by atoms with Crippen LogP contribution < -0.4 is 16.4 Å². The Morgan fingerprint density at radius 1 is 1.56 bits per heavy atom. The SMILES string of the molecule is Cc1cc(N)ccc1NC(=O)CN1CCNC1=O. The molecular formula is C12H16N4O2. The van der Waals surface area contributed by atoms with Gasteiger partial charge in [0.25, 0.3) is 0 Å². The maximum absolute atomic E-state index is 11.8. The molecule has 0 radical (unpaired) electrons. The lowest BCUT2D eigenvalue weighted by Gasteiger charge is -2.14. The van der Waals surface area contributed by atoms with Crippen molar-refractivity contribution < 1.29 is 9.59 Å². The fourth-order valence-electron chi connectivity index (χ4n) is 1.85. The summed E-state index contributed by atoms with van der Waals surface area (Å²) < 4.78 is 0. The monoisotopic (exact) mass is 248 g/mol. The van der Waals surface area contributed by atoms with Gasteiger partial charge in [-0.15, -0.1) is 0 Å². The summed E-state index contributed by atoms with van der Waals surface area (Å²) in [6.45, 7) is 3.09. The number of aryl methyl sites for hydroxylation is 1. The molecule has 0 unspecified atom stereocenters. The molecule has 1 aliphatic rings. The Morgan fingerprint density at radius 3 is 2.94 bits per heavy atom. The van der Waals surface area contributed by atoms with Gasteiger partial charge in [-0.05, 0) is 30.7 Å². The highest BCUT2D eigenvalue weighted by atomic mass is 16.2. The number of nitrogen functional groups attached to an aromatic ring is 1. The molecule has 4 N–H and O–H groups in total. The van der Waals surface area contributed by atoms with Crippen LogP contribution in [0.3, 0.4) is 0 Å². The number of amides is 3. The van der Waals surface area contributed by atoms with E-state index in [0.29, 0.717) is 24.5 Å². The van der Waals surface area contributed by atoms with Crippen LogP contribution in [0, 0.1) is 6.92 Å². The van der Waals surface area contributed by atoms with E-state index in [0.717, 1.165) is 5.56 Å². The fraction of sp³-hybridized carbons (Fsp3) is 0.333. The molecule has 2 rings (SSSR count). The highest BCUT2D eigenvalue weighted by Crippen LogP contribution is 2.17. The molecule has 3 amide bonds. The van der Waals surface area contributed by atoms with E-state index in [9.17, 15) is 9.59 Å². The average Bonchev–Trinajstić information content (AvgIpc) is 2.69. The molecule has 1 heterocycles. The number of carbonyl (C=O) groups excluding carboxylic acids is 2. The summed E-state index contributed by atoms with van der Waals surface area (Å²) in [4.78, 5) is 24.6. The molecule has 0 bridgehead atoms. The molecule has 0 aliphatic carbocycles. The molecule has 1 aliphatic heterocycles. The third kappa shape index (κ3) is 2.71. The summed E-state index contributed by atoms with van der Waals surface area (Å²) in [5, 5.41) is 5.42. The topological polar surface area (TPSA) is 87.5 Å². The highest BCUT2D eigenvalue weighted by molar-refractivity contribution is 5.95. The maximum atomic E-state index is 11.8. The number of benzene rings is 1. The molecule has 1 saturated heterocycles. The smallest absolute Gasteiger partial charge is 0.317 e. The van der Waals surface area contributed by atoms with E-state index in [2.05, 4.69) is 10.6 Å². The van der Waals surface area contributed by atoms with Gasteiger partial charge in [0.1, 0.15) is 6.54 Å². The van der Waals surface area contributed by atoms with Crippen LogP contribution in [0.4, 0.5) is 16.2 Å². The van der Waals surface area contributed by atoms with Crippen molar-refractivity contribution in [3.05, 3.63) is 23.8 Å². The Labute approximate surface area is 105 Å². The number of nitrogens with one attached hydrogen (secondary N) is 2. The Balaban J connectivity index is 1.96. The standard InChI is InChI=1S/C12H16N4O2/c1-8-6-9(13)2-3-10(8)15-11(17)7-16-5-4-14-12(16)18/h2-3,6H,4-5,7,13H2,1H3,(H,14,18)(H,15,17). The zero-order chi connectivity index (χ0) is 13.1. The number of hydrogen-bond acceptors (Lipinski definition) is 3. The molecule has 0 aromatic heterocycles. The Bertz CT molecular complexity index is 487. The molecule has 6 heteroatoms. The fourth-order valence-corrected chi connectivity index (χ4v) is 1.85. The number of anilines is 2. The summed E-state index contributed by atoms with van der Waals surface area (Å²) in [6.07, 6.45) is 0. The second kappa shape index (κ2) is 4.95. The number of rotatable bonds is 3. The quantitative estimate of drug-likeness (QED) is 0.682. The van der Waals surface area contributed by atoms with Gasteiger partial charge in [-0.3, -0.25) is 4.79 Å². The minimum absolute atomic E-state index is 0.0651. The van der Waals surface area contributed by atoms with Crippen molar-refractivity contribution in [2.45, 2.75) is 6.92 Å². The van der Waals surface area contributed by atoms with Crippen LogP contribution in [0.1, 0.15) is 5.56 Å². The van der Waals surface area contributed by atoms with Crippen LogP contribution in [-0.2, 0) is 4.79 Å². The van der Waals surface area contributed by atoms with E-state index < -0.39 is 0 Å². The van der Waals surface area contributed by atoms with Gasteiger partial charge in [0, 0.05) is 24.5 Å². The summed E-state index contributed by atoms with van der Waals surface area (Å²) in [5.74, 6) is -0.208. The lowest BCUT2D eigenvalue weighted by molar-refractivity contribution is -0.116. The van der Waals surface area contributed by atoms with E-state index in [1.807, 2.05) is 6.92 Å². The van der Waals surface area contributed by atoms with Gasteiger partial charge < -0.3 is 21.3 Å². The molecule has 1 aromatic rings. The second-order valence-electron chi connectivity index (χ2n) is 4.28. The minimum Gasteiger partial charge on any atom is -0.399 e. The van der Waals surface area contributed by atoms with Crippen molar-refractivity contribution in [1.82, 2.24) is 10.2 Å². The van der Waals surface area contributed by atoms with Crippen molar-refractivity contribution in [1.29, 1.82) is 0 Å². The van der Waals surface area contributed by atoms with Crippen molar-refractivity contribution >= 4 is 23.3 Å². The third-order valence-corrected chi connectivity index (χ3v) is 2.80. The van der Waals surface area contributed by atoms with Gasteiger partial charge in [0.05, 0.1) is 0 Å². The third-order valence-electron chi connectivity index (χ3n) is 2.80. The number of nitrogens with two attached hydrogens (primary N) is 1. The van der Waals surface area contributed by atoms with Gasteiger partial charge in [0.2, 0.25) is 5.91 Å². The summed E-state index contributed by atoms with van der Waals surface area (Å²) in [6, 6.07) is 5.08. The van der Waals surface area contributed by atoms with E-state index in [-0.39, 0.29) is 18.5 Å². The molecule has 1 aromatic carbocycles. The molecule has 0 saturated carbocycles. The van der Waals surface area contributed by atoms with Crippen LogP contribution in [0.25, 0.3) is 0 Å². The minimum atomic E-state index is -0.208. The van der Waals surface area contributed by atoms with Crippen LogP contribution in [-0.4, -0.2) is 36.5 Å². The number of urea groups is 1. The Morgan fingerprint density at radius 2 is 2.33 bits per heavy atom. The first kappa shape index (κ1) is 12.2. The molecule has 1 fully saturated rings. The Kier molecular flexibility index (Phi) is 3.36. The van der Waals surface area contributed by atoms with E-state index in [4.69, 9.17) is 5.73 Å². The lowest BCUT2D eigenvalue weighted by atomic mass is 10.2. The first-order chi connectivity index (χ1) is 8.56. The van der Waals surface area contributed by atoms with Gasteiger partial charge in [-0.25, -0.2) is 4.79 Å². The molecule has 6 nitrogen and oxygen atoms in total. The number of hydrogen-bond donors (Lipinski definition) is 3. The van der Waals surface area contributed by atoms with E-state index in [1.165, 1.54) is 4.90 Å². The number of carbonyl (C=O) groups is 2. The first-order valence-electron chi connectivity index (χ1n) is 5.75. The highest BCUT2D eigenvalue weighted by Gasteiger charge is 2.21. The summed E-state index contributed by atoms with van der Waals surface area (Å²) >= 11 is 0. The van der Waals surface area contributed by atoms with Gasteiger partial charge in [0.15, 0.2) is 0 Å². The van der Waals surface area contributed by atoms with Crippen LogP contribution in [0.5, 0.6) is 0 Å². The van der Waals surface area contributed by atoms with E-state index >= 15 is 0 Å². The summed E-state index contributed by atoms with van der Waals surface area (Å²) in [7, 11) is 0. The van der Waals surface area contributed by atoms with Crippen LogP contribution in [0.2, 0.25) is 0 Å². The van der Waals surface area contributed by atoms with Crippen molar-refractivity contribution in [3.63, 3.8) is 0 Å². The van der Waals surface area contributed by atoms with Gasteiger partial charge >= 0.3 is 6.03 Å². The van der Waals surface area contributed by atoms with Crippen molar-refractivity contribution in [2.24, 2.45) is 0 Å². The zero-order valence-corrected chi connectivity index (χ0v) is 10.2. The van der Waals surface area contributed by atoms with E-state index in [1.54, 1.807) is 18.2 Å². The molecular weight excluding hydrogens is 232 g/mol. The number of nitrogens with zero attached hydrogens (tertiary/aromatic N) is 1. The maximum Gasteiger partial charge on any atom is 0.317 e. The van der Waals surface area contributed by atoms with Crippen LogP contribution in [0.15, 0.2) is 18.2 Å². The second-order valence-corrected chi connectivity index (χ2v) is 4.28. The molecule has 0 spiro atoms. The largest absolute Gasteiger partial charge is 0.399 e. The van der Waals surface area contributed by atoms with Crippen LogP contribution >= 0.6 is 0 Å². The lowest BCUT2D eigenvalue weighted by Crippen LogP contribution is -2.35. The van der Waals surface area contributed by atoms with Gasteiger partial charge in [-0.1, -0.05) is 0 Å².